The summed E-state index contributed by atoms with van der Waals surface area (Å²) < 4.78 is 1.40. The van der Waals surface area contributed by atoms with Gasteiger partial charge in [0.2, 0.25) is 0 Å². The van der Waals surface area contributed by atoms with Crippen molar-refractivity contribution >= 4 is 28.3 Å². The summed E-state index contributed by atoms with van der Waals surface area (Å²) in [6.07, 6.45) is 0. The zero-order valence-corrected chi connectivity index (χ0v) is 13.4. The Labute approximate surface area is 144 Å². The fourth-order valence-electron chi connectivity index (χ4n) is 2.77. The third kappa shape index (κ3) is 2.83. The van der Waals surface area contributed by atoms with Gasteiger partial charge >= 0.3 is 6.03 Å². The molecule has 0 saturated heterocycles. The molecule has 25 heavy (non-hydrogen) atoms. The van der Waals surface area contributed by atoms with E-state index in [0.29, 0.717) is 11.4 Å². The first kappa shape index (κ1) is 15.0. The third-order valence-corrected chi connectivity index (χ3v) is 3.99. The van der Waals surface area contributed by atoms with E-state index in [1.165, 1.54) is 4.68 Å². The number of amides is 1. The van der Waals surface area contributed by atoms with Crippen molar-refractivity contribution in [1.29, 1.82) is 0 Å². The van der Waals surface area contributed by atoms with E-state index < -0.39 is 0 Å². The highest BCUT2D eigenvalue weighted by molar-refractivity contribution is 6.02. The van der Waals surface area contributed by atoms with Crippen molar-refractivity contribution in [3.63, 3.8) is 0 Å². The first-order valence-electron chi connectivity index (χ1n) is 7.92. The van der Waals surface area contributed by atoms with Crippen molar-refractivity contribution in [1.82, 2.24) is 9.78 Å². The van der Waals surface area contributed by atoms with Crippen LogP contribution in [0, 0.1) is 0 Å². The number of nitrogens with two attached hydrogens (primary N) is 1. The van der Waals surface area contributed by atoms with Gasteiger partial charge in [-0.25, -0.2) is 4.79 Å². The second-order valence-corrected chi connectivity index (χ2v) is 5.70. The number of para-hydroxylation sites is 1. The first-order chi connectivity index (χ1) is 12.2. The van der Waals surface area contributed by atoms with Crippen LogP contribution in [-0.4, -0.2) is 15.8 Å². The van der Waals surface area contributed by atoms with Gasteiger partial charge in [0.1, 0.15) is 5.69 Å². The molecule has 0 aliphatic carbocycles. The number of carbonyl (C=O) groups excluding carboxylic acids is 1. The normalized spacial score (nSPS) is 10.7. The number of anilines is 2. The number of nitrogens with one attached hydrogen (secondary N) is 1. The molecule has 0 unspecified atom stereocenters. The van der Waals surface area contributed by atoms with E-state index >= 15 is 0 Å². The maximum atomic E-state index is 12.7. The second-order valence-electron chi connectivity index (χ2n) is 5.70. The molecule has 3 aromatic carbocycles. The Morgan fingerprint density at radius 1 is 0.880 bits per heavy atom. The fraction of sp³-hybridized carbons (Fsp3) is 0. The summed E-state index contributed by atoms with van der Waals surface area (Å²) in [4.78, 5) is 12.7. The number of aromatic nitrogens is 2. The minimum atomic E-state index is -0.317. The molecule has 1 aromatic heterocycles. The SMILES string of the molecule is Nc1ccc(NC(=O)n2nc(-c3ccccc3)c3ccccc32)cc1. The Kier molecular flexibility index (Phi) is 3.67. The first-order valence-corrected chi connectivity index (χ1v) is 7.92. The molecule has 5 nitrogen and oxygen atoms in total. The summed E-state index contributed by atoms with van der Waals surface area (Å²) in [5.74, 6) is 0. The van der Waals surface area contributed by atoms with Crippen molar-refractivity contribution in [3.8, 4) is 11.3 Å². The van der Waals surface area contributed by atoms with Crippen molar-refractivity contribution in [2.24, 2.45) is 0 Å². The van der Waals surface area contributed by atoms with E-state index in [4.69, 9.17) is 5.73 Å². The van der Waals surface area contributed by atoms with Crippen LogP contribution >= 0.6 is 0 Å². The van der Waals surface area contributed by atoms with Crippen molar-refractivity contribution in [2.75, 3.05) is 11.1 Å². The number of fused-ring (bicyclic) bond motifs is 1. The largest absolute Gasteiger partial charge is 0.399 e. The van der Waals surface area contributed by atoms with Crippen LogP contribution in [0.25, 0.3) is 22.2 Å². The highest BCUT2D eigenvalue weighted by Gasteiger charge is 2.16. The lowest BCUT2D eigenvalue weighted by Crippen LogP contribution is -2.20. The van der Waals surface area contributed by atoms with Crippen molar-refractivity contribution in [3.05, 3.63) is 78.9 Å². The quantitative estimate of drug-likeness (QED) is 0.537. The van der Waals surface area contributed by atoms with Crippen LogP contribution in [0.15, 0.2) is 78.9 Å². The van der Waals surface area contributed by atoms with Crippen LogP contribution in [0.4, 0.5) is 16.2 Å². The minimum Gasteiger partial charge on any atom is -0.399 e. The third-order valence-electron chi connectivity index (χ3n) is 3.99. The molecule has 5 heteroatoms. The van der Waals surface area contributed by atoms with Crippen LogP contribution in [0.3, 0.4) is 0 Å². The van der Waals surface area contributed by atoms with Gasteiger partial charge in [0.15, 0.2) is 0 Å². The molecular formula is C20H16N4O. The topological polar surface area (TPSA) is 72.9 Å². The van der Waals surface area contributed by atoms with Gasteiger partial charge in [0.05, 0.1) is 5.52 Å². The number of rotatable bonds is 2. The van der Waals surface area contributed by atoms with Crippen LogP contribution in [-0.2, 0) is 0 Å². The monoisotopic (exact) mass is 328 g/mol. The molecule has 0 bridgehead atoms. The molecule has 3 N–H and O–H groups in total. The van der Waals surface area contributed by atoms with Crippen LogP contribution in [0.5, 0.6) is 0 Å². The molecule has 1 heterocycles. The number of hydrogen-bond donors (Lipinski definition) is 2. The maximum Gasteiger partial charge on any atom is 0.347 e. The zero-order valence-electron chi connectivity index (χ0n) is 13.4. The van der Waals surface area contributed by atoms with Crippen molar-refractivity contribution < 1.29 is 4.79 Å². The van der Waals surface area contributed by atoms with Gasteiger partial charge in [-0.05, 0) is 30.3 Å². The van der Waals surface area contributed by atoms with Gasteiger partial charge < -0.3 is 11.1 Å². The average molecular weight is 328 g/mol. The Balaban J connectivity index is 1.77. The van der Waals surface area contributed by atoms with Gasteiger partial charge in [-0.1, -0.05) is 48.5 Å². The molecule has 0 spiro atoms. The standard InChI is InChI=1S/C20H16N4O/c21-15-10-12-16(13-11-15)22-20(25)24-18-9-5-4-8-17(18)19(23-24)14-6-2-1-3-7-14/h1-13H,21H2,(H,22,25). The lowest BCUT2D eigenvalue weighted by molar-refractivity contribution is 0.252. The number of nitrogens with zero attached hydrogens (tertiary/aromatic N) is 2. The average Bonchev–Trinajstić information content (AvgIpc) is 3.04. The van der Waals surface area contributed by atoms with Crippen LogP contribution in [0.2, 0.25) is 0 Å². The van der Waals surface area contributed by atoms with E-state index in [-0.39, 0.29) is 6.03 Å². The molecule has 0 aliphatic rings. The molecule has 0 atom stereocenters. The summed E-state index contributed by atoms with van der Waals surface area (Å²) in [6, 6.07) is 24.2. The summed E-state index contributed by atoms with van der Waals surface area (Å²) in [6.45, 7) is 0. The van der Waals surface area contributed by atoms with E-state index in [1.54, 1.807) is 24.3 Å². The van der Waals surface area contributed by atoms with Crippen LogP contribution in [0.1, 0.15) is 0 Å². The maximum absolute atomic E-state index is 12.7. The highest BCUT2D eigenvalue weighted by atomic mass is 16.2. The minimum absolute atomic E-state index is 0.317. The summed E-state index contributed by atoms with van der Waals surface area (Å²) >= 11 is 0. The van der Waals surface area contributed by atoms with Gasteiger partial charge in [0, 0.05) is 22.3 Å². The number of benzene rings is 3. The lowest BCUT2D eigenvalue weighted by Gasteiger charge is -2.06. The Hall–Kier alpha value is -3.60. The zero-order chi connectivity index (χ0) is 17.2. The number of hydrogen-bond acceptors (Lipinski definition) is 3. The molecule has 4 rings (SSSR count). The molecule has 0 aliphatic heterocycles. The smallest absolute Gasteiger partial charge is 0.347 e. The lowest BCUT2D eigenvalue weighted by atomic mass is 10.1. The predicted octanol–water partition coefficient (Wildman–Crippen LogP) is 4.37. The van der Waals surface area contributed by atoms with E-state index in [2.05, 4.69) is 10.4 Å². The highest BCUT2D eigenvalue weighted by Crippen LogP contribution is 2.27. The van der Waals surface area contributed by atoms with Crippen LogP contribution < -0.4 is 11.1 Å². The van der Waals surface area contributed by atoms with E-state index in [9.17, 15) is 4.79 Å². The van der Waals surface area contributed by atoms with Gasteiger partial charge in [-0.2, -0.15) is 9.78 Å². The van der Waals surface area contributed by atoms with Crippen molar-refractivity contribution in [2.45, 2.75) is 0 Å². The summed E-state index contributed by atoms with van der Waals surface area (Å²) in [5.41, 5.74) is 9.50. The Morgan fingerprint density at radius 2 is 1.56 bits per heavy atom. The van der Waals surface area contributed by atoms with Gasteiger partial charge in [-0.15, -0.1) is 0 Å². The predicted molar refractivity (Wildman–Crippen MR) is 100 cm³/mol. The number of carbonyl (C=O) groups is 1. The summed E-state index contributed by atoms with van der Waals surface area (Å²) in [5, 5.41) is 8.33. The van der Waals surface area contributed by atoms with Gasteiger partial charge in [-0.3, -0.25) is 0 Å². The molecule has 1 amide bonds. The molecule has 0 saturated carbocycles. The number of nitrogen functional groups attached to an aromatic ring is 1. The molecule has 122 valence electrons. The molecule has 0 fully saturated rings. The Morgan fingerprint density at radius 3 is 2.32 bits per heavy atom. The second kappa shape index (κ2) is 6.13. The fourth-order valence-corrected chi connectivity index (χ4v) is 2.77. The van der Waals surface area contributed by atoms with E-state index in [0.717, 1.165) is 22.2 Å². The molecule has 0 radical (unpaired) electrons. The Bertz CT molecular complexity index is 1040. The molecule has 4 aromatic rings. The van der Waals surface area contributed by atoms with E-state index in [1.807, 2.05) is 54.6 Å². The summed E-state index contributed by atoms with van der Waals surface area (Å²) in [7, 11) is 0. The molecular weight excluding hydrogens is 312 g/mol. The van der Waals surface area contributed by atoms with Gasteiger partial charge in [0.25, 0.3) is 0 Å².